The number of esters is 1. The predicted molar refractivity (Wildman–Crippen MR) is 129 cm³/mol. The normalized spacial score (nSPS) is 12.4. The zero-order valence-electron chi connectivity index (χ0n) is 20.0. The summed E-state index contributed by atoms with van der Waals surface area (Å²) in [5.41, 5.74) is 6.97. The van der Waals surface area contributed by atoms with E-state index >= 15 is 0 Å². The van der Waals surface area contributed by atoms with Gasteiger partial charge in [-0.15, -0.1) is 5.10 Å². The minimum atomic E-state index is -3.78. The van der Waals surface area contributed by atoms with Gasteiger partial charge >= 0.3 is 5.97 Å². The fourth-order valence-electron chi connectivity index (χ4n) is 3.73. The average Bonchev–Trinajstić information content (AvgIpc) is 3.25. The number of benzene rings is 2. The third-order valence-corrected chi connectivity index (χ3v) is 7.53. The number of ether oxygens (including phenoxy) is 2. The number of nitrogens with zero attached hydrogens (tertiary/aromatic N) is 4. The van der Waals surface area contributed by atoms with Gasteiger partial charge in [0, 0.05) is 30.8 Å². The Kier molecular flexibility index (Phi) is 8.20. The molecule has 35 heavy (non-hydrogen) atoms. The maximum atomic E-state index is 14.2. The van der Waals surface area contributed by atoms with Gasteiger partial charge in [0.05, 0.1) is 36.7 Å². The topological polar surface area (TPSA) is 130 Å². The Morgan fingerprint density at radius 2 is 1.89 bits per heavy atom. The number of halogens is 1. The molecule has 188 valence electrons. The number of hydrogen-bond acceptors (Lipinski definition) is 8. The van der Waals surface area contributed by atoms with Crippen molar-refractivity contribution in [2.24, 2.45) is 5.73 Å². The minimum Gasteiger partial charge on any atom is -0.496 e. The van der Waals surface area contributed by atoms with Crippen LogP contribution < -0.4 is 10.5 Å². The van der Waals surface area contributed by atoms with Crippen molar-refractivity contribution in [1.82, 2.24) is 19.3 Å². The van der Waals surface area contributed by atoms with Crippen LogP contribution in [0.2, 0.25) is 0 Å². The van der Waals surface area contributed by atoms with Gasteiger partial charge in [-0.25, -0.2) is 22.3 Å². The quantitative estimate of drug-likeness (QED) is 0.417. The van der Waals surface area contributed by atoms with E-state index in [0.29, 0.717) is 41.0 Å². The number of sulfonamides is 1. The van der Waals surface area contributed by atoms with E-state index in [1.807, 2.05) is 0 Å². The zero-order valence-corrected chi connectivity index (χ0v) is 20.8. The molecule has 0 aliphatic heterocycles. The van der Waals surface area contributed by atoms with Gasteiger partial charge < -0.3 is 15.2 Å². The lowest BCUT2D eigenvalue weighted by Gasteiger charge is -2.20. The first kappa shape index (κ1) is 26.3. The first-order valence-corrected chi connectivity index (χ1v) is 12.3. The minimum absolute atomic E-state index is 0.0160. The van der Waals surface area contributed by atoms with Gasteiger partial charge in [-0.3, -0.25) is 0 Å². The summed E-state index contributed by atoms with van der Waals surface area (Å²) in [4.78, 5) is 12.5. The Hall–Kier alpha value is -3.35. The van der Waals surface area contributed by atoms with E-state index in [0.717, 1.165) is 0 Å². The summed E-state index contributed by atoms with van der Waals surface area (Å²) in [5, 5.41) is 8.23. The molecule has 0 aliphatic rings. The first-order chi connectivity index (χ1) is 16.7. The number of nitrogens with two attached hydrogens (primary N) is 1. The second-order valence-corrected chi connectivity index (χ2v) is 9.41. The average molecular weight is 506 g/mol. The van der Waals surface area contributed by atoms with Gasteiger partial charge in [-0.2, -0.15) is 4.31 Å². The van der Waals surface area contributed by atoms with Crippen molar-refractivity contribution in [1.29, 1.82) is 0 Å². The number of aromatic nitrogens is 3. The molecule has 3 aromatic rings. The molecule has 1 aromatic heterocycles. The third-order valence-electron chi connectivity index (χ3n) is 5.49. The predicted octanol–water partition coefficient (Wildman–Crippen LogP) is 2.74. The van der Waals surface area contributed by atoms with E-state index < -0.39 is 21.8 Å². The van der Waals surface area contributed by atoms with Crippen LogP contribution in [0.15, 0.2) is 47.1 Å². The van der Waals surface area contributed by atoms with Crippen LogP contribution in [0, 0.1) is 0 Å². The Balaban J connectivity index is 2.31. The molecule has 0 aliphatic carbocycles. The van der Waals surface area contributed by atoms with Crippen LogP contribution in [0.4, 0.5) is 4.39 Å². The summed E-state index contributed by atoms with van der Waals surface area (Å²) in [6.07, 6.45) is 1.21. The monoisotopic (exact) mass is 505 g/mol. The molecular formula is C23H28FN5O5S. The van der Waals surface area contributed by atoms with Crippen molar-refractivity contribution in [3.05, 3.63) is 47.8 Å². The molecule has 0 spiro atoms. The number of carbonyl (C=O) groups excluding carboxylic acids is 1. The maximum Gasteiger partial charge on any atom is 0.337 e. The molecule has 0 bridgehead atoms. The fraction of sp³-hybridized carbons (Fsp3) is 0.348. The molecule has 0 fully saturated rings. The Morgan fingerprint density at radius 1 is 1.17 bits per heavy atom. The Labute approximate surface area is 203 Å². The number of hydrogen-bond donors (Lipinski definition) is 1. The number of carbonyl (C=O) groups is 1. The second kappa shape index (κ2) is 10.9. The van der Waals surface area contributed by atoms with Crippen LogP contribution in [0.1, 0.15) is 24.2 Å². The van der Waals surface area contributed by atoms with Crippen molar-refractivity contribution < 1.29 is 27.1 Å². The van der Waals surface area contributed by atoms with E-state index in [2.05, 4.69) is 10.3 Å². The van der Waals surface area contributed by atoms with Crippen molar-refractivity contribution in [3.63, 3.8) is 0 Å². The second-order valence-electron chi connectivity index (χ2n) is 7.47. The van der Waals surface area contributed by atoms with Crippen LogP contribution in [-0.4, -0.2) is 67.5 Å². The van der Waals surface area contributed by atoms with E-state index in [4.69, 9.17) is 15.2 Å². The molecule has 12 heteroatoms. The molecule has 0 saturated carbocycles. The lowest BCUT2D eigenvalue weighted by molar-refractivity contribution is 0.0601. The first-order valence-electron chi connectivity index (χ1n) is 10.9. The number of allylic oxidation sites excluding steroid dienone is 1. The standard InChI is InChI=1S/C23H28FN5O5S/c1-5-28(6-2)35(31,32)17-7-8-21(33-3)18(13-17)19-11-15(23(30)34-4)12-20-22(19)26-27-29(20)14-16(24)9-10-25/h7-9,11-13H,5-6,10,14,25H2,1-4H3/b16-9-. The fourth-order valence-corrected chi connectivity index (χ4v) is 5.22. The molecule has 2 N–H and O–H groups in total. The van der Waals surface area contributed by atoms with Crippen LogP contribution in [0.3, 0.4) is 0 Å². The molecule has 3 rings (SSSR count). The number of rotatable bonds is 10. The van der Waals surface area contributed by atoms with Crippen LogP contribution in [-0.2, 0) is 21.3 Å². The van der Waals surface area contributed by atoms with E-state index in [-0.39, 0.29) is 23.5 Å². The lowest BCUT2D eigenvalue weighted by Crippen LogP contribution is -2.30. The molecule has 0 radical (unpaired) electrons. The van der Waals surface area contributed by atoms with Gasteiger partial charge in [0.15, 0.2) is 0 Å². The van der Waals surface area contributed by atoms with Crippen LogP contribution >= 0.6 is 0 Å². The molecule has 0 unspecified atom stereocenters. The Bertz CT molecular complexity index is 1370. The Morgan fingerprint density at radius 3 is 2.49 bits per heavy atom. The highest BCUT2D eigenvalue weighted by Gasteiger charge is 2.25. The summed E-state index contributed by atoms with van der Waals surface area (Å²) in [6, 6.07) is 7.47. The van der Waals surface area contributed by atoms with Crippen LogP contribution in [0.25, 0.3) is 22.2 Å². The summed E-state index contributed by atoms with van der Waals surface area (Å²) in [5.74, 6) is -0.797. The molecule has 0 saturated heterocycles. The molecule has 0 atom stereocenters. The van der Waals surface area contributed by atoms with Crippen molar-refractivity contribution in [2.45, 2.75) is 25.3 Å². The highest BCUT2D eigenvalue weighted by Crippen LogP contribution is 2.37. The summed E-state index contributed by atoms with van der Waals surface area (Å²) in [6.45, 7) is 3.89. The summed E-state index contributed by atoms with van der Waals surface area (Å²) in [7, 11) is -1.10. The van der Waals surface area contributed by atoms with Gasteiger partial charge in [-0.05, 0) is 36.4 Å². The molecule has 1 heterocycles. The highest BCUT2D eigenvalue weighted by molar-refractivity contribution is 7.89. The maximum absolute atomic E-state index is 14.2. The van der Waals surface area contributed by atoms with E-state index in [9.17, 15) is 17.6 Å². The van der Waals surface area contributed by atoms with Gasteiger partial charge in [0.2, 0.25) is 10.0 Å². The lowest BCUT2D eigenvalue weighted by atomic mass is 10.00. The highest BCUT2D eigenvalue weighted by atomic mass is 32.2. The number of fused-ring (bicyclic) bond motifs is 1. The number of methoxy groups -OCH3 is 2. The smallest absolute Gasteiger partial charge is 0.337 e. The molecule has 0 amide bonds. The van der Waals surface area contributed by atoms with Crippen LogP contribution in [0.5, 0.6) is 5.75 Å². The van der Waals surface area contributed by atoms with Gasteiger partial charge in [0.1, 0.15) is 17.1 Å². The zero-order chi connectivity index (χ0) is 25.8. The van der Waals surface area contributed by atoms with Crippen molar-refractivity contribution in [2.75, 3.05) is 33.9 Å². The van der Waals surface area contributed by atoms with Gasteiger partial charge in [-0.1, -0.05) is 19.1 Å². The third kappa shape index (κ3) is 5.19. The summed E-state index contributed by atoms with van der Waals surface area (Å²) < 4.78 is 53.5. The van der Waals surface area contributed by atoms with Crippen molar-refractivity contribution in [3.8, 4) is 16.9 Å². The SMILES string of the molecule is CCN(CC)S(=O)(=O)c1ccc(OC)c(-c2cc(C(=O)OC)cc3c2nnn3C/C(F)=C/CN)c1. The molecule has 10 nitrogen and oxygen atoms in total. The summed E-state index contributed by atoms with van der Waals surface area (Å²) >= 11 is 0. The van der Waals surface area contributed by atoms with E-state index in [1.165, 1.54) is 59.6 Å². The van der Waals surface area contributed by atoms with Gasteiger partial charge in [0.25, 0.3) is 0 Å². The molecular weight excluding hydrogens is 477 g/mol. The molecule has 2 aromatic carbocycles. The largest absolute Gasteiger partial charge is 0.496 e. The van der Waals surface area contributed by atoms with Crippen molar-refractivity contribution >= 4 is 27.0 Å². The van der Waals surface area contributed by atoms with E-state index in [1.54, 1.807) is 13.8 Å².